The van der Waals surface area contributed by atoms with Crippen LogP contribution in [0.1, 0.15) is 57.4 Å². The SMILES string of the molecule is CCC(C)(C)NC(=O)[C@@H](c1cccc(OC)c1OC)N(C(=O)CCC(=O)Nc1cc(C)on1)c1cccc(Cl)c1. The topological polar surface area (TPSA) is 123 Å². The molecule has 1 aromatic heterocycles. The Morgan fingerprint density at radius 1 is 1.07 bits per heavy atom. The molecule has 40 heavy (non-hydrogen) atoms. The van der Waals surface area contributed by atoms with E-state index in [1.807, 2.05) is 20.8 Å². The molecule has 2 aromatic carbocycles. The van der Waals surface area contributed by atoms with Gasteiger partial charge < -0.3 is 24.6 Å². The standard InChI is InChI=1S/C29H35ClN4O6/c1-7-29(3,4)32-28(37)26(21-12-9-13-22(38-5)27(21)39-6)34(20-11-8-10-19(30)17-20)25(36)15-14-24(35)31-23-16-18(2)40-33-23/h8-13,16-17,26H,7,14-15H2,1-6H3,(H,32,37)(H,31,33,35)/t26-/m1/s1. The molecule has 3 rings (SSSR count). The number of ether oxygens (including phenoxy) is 2. The van der Waals surface area contributed by atoms with E-state index in [4.69, 9.17) is 25.6 Å². The van der Waals surface area contributed by atoms with Gasteiger partial charge >= 0.3 is 0 Å². The minimum Gasteiger partial charge on any atom is -0.493 e. The Balaban J connectivity index is 2.07. The zero-order valence-corrected chi connectivity index (χ0v) is 24.3. The van der Waals surface area contributed by atoms with Gasteiger partial charge in [0.1, 0.15) is 11.8 Å². The molecule has 1 heterocycles. The lowest BCUT2D eigenvalue weighted by atomic mass is 9.97. The highest BCUT2D eigenvalue weighted by Gasteiger charge is 2.37. The fourth-order valence-corrected chi connectivity index (χ4v) is 4.23. The van der Waals surface area contributed by atoms with Crippen LogP contribution in [0, 0.1) is 6.92 Å². The van der Waals surface area contributed by atoms with Gasteiger partial charge in [-0.15, -0.1) is 0 Å². The molecule has 0 aliphatic rings. The third kappa shape index (κ3) is 7.53. The quantitative estimate of drug-likeness (QED) is 0.297. The van der Waals surface area contributed by atoms with Crippen LogP contribution in [0.25, 0.3) is 0 Å². The van der Waals surface area contributed by atoms with Crippen molar-refractivity contribution >= 4 is 40.8 Å². The molecule has 0 aliphatic heterocycles. The number of hydrogen-bond donors (Lipinski definition) is 2. The summed E-state index contributed by atoms with van der Waals surface area (Å²) in [4.78, 5) is 41.9. The zero-order valence-electron chi connectivity index (χ0n) is 23.5. The highest BCUT2D eigenvalue weighted by molar-refractivity contribution is 6.31. The molecule has 0 spiro atoms. The Kier molecular flexibility index (Phi) is 10.2. The molecule has 0 radical (unpaired) electrons. The Morgan fingerprint density at radius 2 is 1.80 bits per heavy atom. The first kappa shape index (κ1) is 30.5. The van der Waals surface area contributed by atoms with Gasteiger partial charge in [-0.1, -0.05) is 41.9 Å². The van der Waals surface area contributed by atoms with Crippen LogP contribution in [0.2, 0.25) is 5.02 Å². The maximum absolute atomic E-state index is 14.0. The molecule has 0 saturated carbocycles. The number of para-hydroxylation sites is 1. The summed E-state index contributed by atoms with van der Waals surface area (Å²) in [6, 6.07) is 12.1. The van der Waals surface area contributed by atoms with Gasteiger partial charge in [0, 0.05) is 40.7 Å². The van der Waals surface area contributed by atoms with Gasteiger partial charge in [0.05, 0.1) is 14.2 Å². The molecule has 3 amide bonds. The molecule has 0 unspecified atom stereocenters. The third-order valence-electron chi connectivity index (χ3n) is 6.40. The van der Waals surface area contributed by atoms with Crippen molar-refractivity contribution in [2.45, 2.75) is 58.5 Å². The number of carbonyl (C=O) groups is 3. The summed E-state index contributed by atoms with van der Waals surface area (Å²) in [5, 5.41) is 9.79. The van der Waals surface area contributed by atoms with Crippen molar-refractivity contribution in [1.82, 2.24) is 10.5 Å². The van der Waals surface area contributed by atoms with E-state index in [-0.39, 0.29) is 18.7 Å². The highest BCUT2D eigenvalue weighted by atomic mass is 35.5. The van der Waals surface area contributed by atoms with E-state index in [2.05, 4.69) is 15.8 Å². The third-order valence-corrected chi connectivity index (χ3v) is 6.63. The average molecular weight is 571 g/mol. The molecule has 11 heteroatoms. The molecule has 0 aliphatic carbocycles. The summed E-state index contributed by atoms with van der Waals surface area (Å²) in [6.45, 7) is 7.45. The number of rotatable bonds is 12. The molecule has 3 aromatic rings. The minimum absolute atomic E-state index is 0.161. The van der Waals surface area contributed by atoms with E-state index in [1.165, 1.54) is 19.1 Å². The number of anilines is 2. The Morgan fingerprint density at radius 3 is 2.40 bits per heavy atom. The van der Waals surface area contributed by atoms with E-state index in [9.17, 15) is 14.4 Å². The van der Waals surface area contributed by atoms with Gasteiger partial charge in [0.2, 0.25) is 17.7 Å². The number of benzene rings is 2. The molecule has 1 atom stereocenters. The van der Waals surface area contributed by atoms with Crippen LogP contribution in [0.5, 0.6) is 11.5 Å². The van der Waals surface area contributed by atoms with Crippen molar-refractivity contribution < 1.29 is 28.4 Å². The number of methoxy groups -OCH3 is 2. The lowest BCUT2D eigenvalue weighted by Crippen LogP contribution is -2.50. The van der Waals surface area contributed by atoms with Crippen LogP contribution in [-0.4, -0.2) is 42.6 Å². The van der Waals surface area contributed by atoms with Crippen molar-refractivity contribution in [3.05, 3.63) is 64.9 Å². The zero-order chi connectivity index (χ0) is 29.4. The van der Waals surface area contributed by atoms with Gasteiger partial charge in [0.15, 0.2) is 17.3 Å². The number of carbonyl (C=O) groups excluding carboxylic acids is 3. The summed E-state index contributed by atoms with van der Waals surface area (Å²) >= 11 is 6.32. The predicted octanol–water partition coefficient (Wildman–Crippen LogP) is 5.45. The molecular weight excluding hydrogens is 536 g/mol. The number of aryl methyl sites for hydroxylation is 1. The van der Waals surface area contributed by atoms with E-state index in [0.717, 1.165) is 0 Å². The van der Waals surface area contributed by atoms with Crippen molar-refractivity contribution in [2.75, 3.05) is 24.4 Å². The first-order valence-corrected chi connectivity index (χ1v) is 13.2. The van der Waals surface area contributed by atoms with Gasteiger partial charge in [0.25, 0.3) is 0 Å². The Bertz CT molecular complexity index is 1360. The van der Waals surface area contributed by atoms with Crippen LogP contribution in [0.15, 0.2) is 53.1 Å². The van der Waals surface area contributed by atoms with Gasteiger partial charge in [-0.2, -0.15) is 0 Å². The van der Waals surface area contributed by atoms with Crippen LogP contribution < -0.4 is 25.0 Å². The Hall–Kier alpha value is -4.05. The normalized spacial score (nSPS) is 11.9. The van der Waals surface area contributed by atoms with Crippen LogP contribution in [0.4, 0.5) is 11.5 Å². The number of amides is 3. The van der Waals surface area contributed by atoms with Crippen LogP contribution >= 0.6 is 11.6 Å². The molecule has 0 bridgehead atoms. The largest absolute Gasteiger partial charge is 0.493 e. The number of aromatic nitrogens is 1. The summed E-state index contributed by atoms with van der Waals surface area (Å²) in [5.74, 6) is 0.144. The molecule has 2 N–H and O–H groups in total. The fourth-order valence-electron chi connectivity index (χ4n) is 4.05. The minimum atomic E-state index is -1.18. The maximum atomic E-state index is 14.0. The first-order chi connectivity index (χ1) is 19.0. The van der Waals surface area contributed by atoms with Crippen molar-refractivity contribution in [3.8, 4) is 11.5 Å². The second-order valence-corrected chi connectivity index (χ2v) is 10.3. The second-order valence-electron chi connectivity index (χ2n) is 9.83. The smallest absolute Gasteiger partial charge is 0.248 e. The van der Waals surface area contributed by atoms with Crippen molar-refractivity contribution in [3.63, 3.8) is 0 Å². The molecule has 214 valence electrons. The molecular formula is C29H35ClN4O6. The lowest BCUT2D eigenvalue weighted by molar-refractivity contribution is -0.128. The number of nitrogens with zero attached hydrogens (tertiary/aromatic N) is 2. The summed E-state index contributed by atoms with van der Waals surface area (Å²) in [7, 11) is 2.96. The number of nitrogens with one attached hydrogen (secondary N) is 2. The van der Waals surface area contributed by atoms with E-state index in [0.29, 0.717) is 40.0 Å². The van der Waals surface area contributed by atoms with Crippen LogP contribution in [-0.2, 0) is 14.4 Å². The summed E-state index contributed by atoms with van der Waals surface area (Å²) in [6.07, 6.45) is 0.280. The summed E-state index contributed by atoms with van der Waals surface area (Å²) < 4.78 is 16.1. The van der Waals surface area contributed by atoms with Gasteiger partial charge in [-0.05, 0) is 51.5 Å². The fraction of sp³-hybridized carbons (Fsp3) is 0.379. The lowest BCUT2D eigenvalue weighted by Gasteiger charge is -2.35. The maximum Gasteiger partial charge on any atom is 0.248 e. The molecule has 0 fully saturated rings. The van der Waals surface area contributed by atoms with Gasteiger partial charge in [-0.3, -0.25) is 19.3 Å². The average Bonchev–Trinajstić information content (AvgIpc) is 3.33. The number of halogens is 1. The van der Waals surface area contributed by atoms with Crippen LogP contribution in [0.3, 0.4) is 0 Å². The monoisotopic (exact) mass is 570 g/mol. The second kappa shape index (κ2) is 13.3. The van der Waals surface area contributed by atoms with Crippen molar-refractivity contribution in [1.29, 1.82) is 0 Å². The Labute approximate surface area is 238 Å². The summed E-state index contributed by atoms with van der Waals surface area (Å²) in [5.41, 5.74) is 0.214. The van der Waals surface area contributed by atoms with E-state index >= 15 is 0 Å². The van der Waals surface area contributed by atoms with E-state index in [1.54, 1.807) is 55.5 Å². The van der Waals surface area contributed by atoms with E-state index < -0.39 is 29.3 Å². The van der Waals surface area contributed by atoms with Crippen molar-refractivity contribution in [2.24, 2.45) is 0 Å². The molecule has 10 nitrogen and oxygen atoms in total. The first-order valence-electron chi connectivity index (χ1n) is 12.8. The highest BCUT2D eigenvalue weighted by Crippen LogP contribution is 2.40. The predicted molar refractivity (Wildman–Crippen MR) is 153 cm³/mol. The molecule has 0 saturated heterocycles. The van der Waals surface area contributed by atoms with Gasteiger partial charge in [-0.25, -0.2) is 0 Å². The number of hydrogen-bond acceptors (Lipinski definition) is 7.